The second kappa shape index (κ2) is 8.06. The summed E-state index contributed by atoms with van der Waals surface area (Å²) in [5.41, 5.74) is 0. The van der Waals surface area contributed by atoms with E-state index in [0.717, 1.165) is 6.42 Å². The Kier molecular flexibility index (Phi) is 7.54. The molecule has 0 aliphatic heterocycles. The Bertz CT molecular complexity index is 255. The monoisotopic (exact) mass is 245 g/mol. The molecule has 0 amide bonds. The van der Waals surface area contributed by atoms with Gasteiger partial charge in [0.15, 0.2) is 0 Å². The van der Waals surface area contributed by atoms with Crippen molar-refractivity contribution < 1.29 is 19.1 Å². The summed E-state index contributed by atoms with van der Waals surface area (Å²) < 4.78 is 9.42. The standard InChI is InChI=1S/C12H23NO4/c1-6-8(3)10(12(15)17-5)13-9(7-2)11(14)16-4/h8-10,13H,6-7H2,1-5H3. The van der Waals surface area contributed by atoms with Crippen LogP contribution in [0, 0.1) is 5.92 Å². The third-order valence-corrected chi connectivity index (χ3v) is 2.94. The highest BCUT2D eigenvalue weighted by Gasteiger charge is 2.29. The normalized spacial score (nSPS) is 15.8. The number of carbonyl (C=O) groups is 2. The molecule has 0 aliphatic carbocycles. The minimum atomic E-state index is -0.478. The molecule has 0 aromatic heterocycles. The van der Waals surface area contributed by atoms with Crippen LogP contribution in [0.25, 0.3) is 0 Å². The summed E-state index contributed by atoms with van der Waals surface area (Å²) in [6.07, 6.45) is 1.39. The topological polar surface area (TPSA) is 64.6 Å². The van der Waals surface area contributed by atoms with E-state index >= 15 is 0 Å². The van der Waals surface area contributed by atoms with Gasteiger partial charge < -0.3 is 9.47 Å². The van der Waals surface area contributed by atoms with Crippen molar-refractivity contribution in [1.82, 2.24) is 5.32 Å². The quantitative estimate of drug-likeness (QED) is 0.681. The van der Waals surface area contributed by atoms with Crippen LogP contribution in [0.2, 0.25) is 0 Å². The van der Waals surface area contributed by atoms with Crippen LogP contribution < -0.4 is 5.32 Å². The zero-order valence-corrected chi connectivity index (χ0v) is 11.3. The molecule has 0 radical (unpaired) electrons. The Labute approximate surface area is 103 Å². The average Bonchev–Trinajstić information content (AvgIpc) is 2.37. The first-order valence-corrected chi connectivity index (χ1v) is 5.93. The van der Waals surface area contributed by atoms with E-state index in [2.05, 4.69) is 10.1 Å². The molecule has 100 valence electrons. The Morgan fingerprint density at radius 3 is 1.94 bits per heavy atom. The minimum absolute atomic E-state index is 0.0983. The van der Waals surface area contributed by atoms with Gasteiger partial charge in [-0.2, -0.15) is 0 Å². The molecule has 3 atom stereocenters. The largest absolute Gasteiger partial charge is 0.468 e. The lowest BCUT2D eigenvalue weighted by Crippen LogP contribution is -2.50. The molecule has 17 heavy (non-hydrogen) atoms. The van der Waals surface area contributed by atoms with Gasteiger partial charge in [-0.3, -0.25) is 14.9 Å². The van der Waals surface area contributed by atoms with Gasteiger partial charge in [0, 0.05) is 0 Å². The molecule has 0 saturated carbocycles. The predicted molar refractivity (Wildman–Crippen MR) is 64.5 cm³/mol. The van der Waals surface area contributed by atoms with Crippen LogP contribution >= 0.6 is 0 Å². The maximum absolute atomic E-state index is 11.6. The van der Waals surface area contributed by atoms with Crippen molar-refractivity contribution in [2.75, 3.05) is 14.2 Å². The smallest absolute Gasteiger partial charge is 0.323 e. The number of ether oxygens (including phenoxy) is 2. The van der Waals surface area contributed by atoms with Crippen molar-refractivity contribution in [1.29, 1.82) is 0 Å². The highest BCUT2D eigenvalue weighted by molar-refractivity contribution is 5.79. The van der Waals surface area contributed by atoms with Crippen molar-refractivity contribution >= 4 is 11.9 Å². The summed E-state index contributed by atoms with van der Waals surface area (Å²) in [6, 6.07) is -0.952. The summed E-state index contributed by atoms with van der Waals surface area (Å²) in [5.74, 6) is -0.604. The van der Waals surface area contributed by atoms with E-state index in [1.54, 1.807) is 0 Å². The maximum Gasteiger partial charge on any atom is 0.323 e. The fourth-order valence-corrected chi connectivity index (χ4v) is 1.54. The third kappa shape index (κ3) is 4.73. The molecule has 0 bridgehead atoms. The van der Waals surface area contributed by atoms with Crippen molar-refractivity contribution in [2.24, 2.45) is 5.92 Å². The van der Waals surface area contributed by atoms with Gasteiger partial charge in [0.1, 0.15) is 12.1 Å². The molecule has 0 rings (SSSR count). The van der Waals surface area contributed by atoms with E-state index in [1.807, 2.05) is 20.8 Å². The Hall–Kier alpha value is -1.10. The maximum atomic E-state index is 11.6. The van der Waals surface area contributed by atoms with Gasteiger partial charge in [-0.15, -0.1) is 0 Å². The van der Waals surface area contributed by atoms with Gasteiger partial charge in [-0.05, 0) is 12.3 Å². The minimum Gasteiger partial charge on any atom is -0.468 e. The van der Waals surface area contributed by atoms with Gasteiger partial charge >= 0.3 is 11.9 Å². The number of carbonyl (C=O) groups excluding carboxylic acids is 2. The van der Waals surface area contributed by atoms with Gasteiger partial charge in [0.25, 0.3) is 0 Å². The molecule has 0 fully saturated rings. The first-order chi connectivity index (χ1) is 8.01. The fourth-order valence-electron chi connectivity index (χ4n) is 1.54. The summed E-state index contributed by atoms with van der Waals surface area (Å²) in [5, 5.41) is 3.01. The molecule has 0 heterocycles. The van der Waals surface area contributed by atoms with Crippen molar-refractivity contribution in [3.8, 4) is 0 Å². The van der Waals surface area contributed by atoms with Crippen LogP contribution in [0.1, 0.15) is 33.6 Å². The van der Waals surface area contributed by atoms with Crippen LogP contribution in [-0.2, 0) is 19.1 Å². The number of methoxy groups -OCH3 is 2. The SMILES string of the molecule is CCC(NC(C(=O)OC)C(C)CC)C(=O)OC. The number of hydrogen-bond acceptors (Lipinski definition) is 5. The van der Waals surface area contributed by atoms with Crippen LogP contribution in [0.4, 0.5) is 0 Å². The van der Waals surface area contributed by atoms with E-state index in [0.29, 0.717) is 6.42 Å². The summed E-state index contributed by atoms with van der Waals surface area (Å²) in [4.78, 5) is 23.1. The van der Waals surface area contributed by atoms with Crippen LogP contribution in [0.5, 0.6) is 0 Å². The lowest BCUT2D eigenvalue weighted by Gasteiger charge is -2.25. The van der Waals surface area contributed by atoms with Gasteiger partial charge in [0.2, 0.25) is 0 Å². The highest BCUT2D eigenvalue weighted by Crippen LogP contribution is 2.11. The lowest BCUT2D eigenvalue weighted by molar-refractivity contribution is -0.147. The van der Waals surface area contributed by atoms with Crippen LogP contribution in [-0.4, -0.2) is 38.2 Å². The molecule has 0 spiro atoms. The van der Waals surface area contributed by atoms with E-state index in [-0.39, 0.29) is 17.9 Å². The molecule has 5 nitrogen and oxygen atoms in total. The highest BCUT2D eigenvalue weighted by atomic mass is 16.5. The lowest BCUT2D eigenvalue weighted by atomic mass is 9.98. The Morgan fingerprint density at radius 1 is 1.06 bits per heavy atom. The summed E-state index contributed by atoms with van der Waals surface area (Å²) in [7, 11) is 2.68. The zero-order valence-electron chi connectivity index (χ0n) is 11.3. The molecular formula is C12H23NO4. The molecule has 0 aliphatic rings. The zero-order chi connectivity index (χ0) is 13.4. The van der Waals surface area contributed by atoms with Crippen molar-refractivity contribution in [3.05, 3.63) is 0 Å². The number of nitrogens with one attached hydrogen (secondary N) is 1. The molecule has 0 aromatic carbocycles. The van der Waals surface area contributed by atoms with E-state index < -0.39 is 12.1 Å². The first-order valence-electron chi connectivity index (χ1n) is 5.93. The third-order valence-electron chi connectivity index (χ3n) is 2.94. The number of rotatable bonds is 7. The van der Waals surface area contributed by atoms with Gasteiger partial charge in [-0.1, -0.05) is 27.2 Å². The second-order valence-electron chi connectivity index (χ2n) is 4.04. The summed E-state index contributed by atoms with van der Waals surface area (Å²) >= 11 is 0. The average molecular weight is 245 g/mol. The second-order valence-corrected chi connectivity index (χ2v) is 4.04. The number of hydrogen-bond donors (Lipinski definition) is 1. The van der Waals surface area contributed by atoms with E-state index in [1.165, 1.54) is 14.2 Å². The van der Waals surface area contributed by atoms with Crippen LogP contribution in [0.3, 0.4) is 0 Å². The van der Waals surface area contributed by atoms with Crippen molar-refractivity contribution in [2.45, 2.75) is 45.7 Å². The van der Waals surface area contributed by atoms with E-state index in [4.69, 9.17) is 4.74 Å². The Balaban J connectivity index is 4.71. The van der Waals surface area contributed by atoms with E-state index in [9.17, 15) is 9.59 Å². The predicted octanol–water partition coefficient (Wildman–Crippen LogP) is 1.12. The van der Waals surface area contributed by atoms with Crippen molar-refractivity contribution in [3.63, 3.8) is 0 Å². The molecule has 3 unspecified atom stereocenters. The van der Waals surface area contributed by atoms with Gasteiger partial charge in [0.05, 0.1) is 14.2 Å². The first kappa shape index (κ1) is 15.9. The molecule has 1 N–H and O–H groups in total. The molecule has 0 saturated heterocycles. The fraction of sp³-hybridized carbons (Fsp3) is 0.833. The molecular weight excluding hydrogens is 222 g/mol. The number of esters is 2. The molecule has 5 heteroatoms. The van der Waals surface area contributed by atoms with Crippen LogP contribution in [0.15, 0.2) is 0 Å². The van der Waals surface area contributed by atoms with Gasteiger partial charge in [-0.25, -0.2) is 0 Å². The molecule has 0 aromatic rings. The Morgan fingerprint density at radius 2 is 1.59 bits per heavy atom. The summed E-state index contributed by atoms with van der Waals surface area (Å²) in [6.45, 7) is 5.79.